The first-order chi connectivity index (χ1) is 12.6. The Morgan fingerprint density at radius 2 is 1.56 bits per heavy atom. The third-order valence-corrected chi connectivity index (χ3v) is 5.38. The summed E-state index contributed by atoms with van der Waals surface area (Å²) in [4.78, 5) is 3.66. The van der Waals surface area contributed by atoms with Crippen molar-refractivity contribution < 1.29 is 0 Å². The molecule has 2 aromatic rings. The minimum atomic E-state index is -0.719. The SMILES string of the molecule is [B][B]c1c([B])c(-c2c(C)c(C#N)c(C)c([N+]#[C-])c2C)c(C)c(C)c1B([B])[B]. The van der Waals surface area contributed by atoms with Crippen LogP contribution >= 0.6 is 0 Å². The van der Waals surface area contributed by atoms with Gasteiger partial charge in [-0.2, -0.15) is 5.26 Å². The summed E-state index contributed by atoms with van der Waals surface area (Å²) in [5.74, 6) is 0. The third-order valence-electron chi connectivity index (χ3n) is 5.38. The predicted molar refractivity (Wildman–Crippen MR) is 120 cm³/mol. The molecule has 2 aromatic carbocycles. The molecular weight excluding hydrogens is 321 g/mol. The van der Waals surface area contributed by atoms with Crippen LogP contribution in [-0.2, 0) is 0 Å². The van der Waals surface area contributed by atoms with E-state index in [1.165, 1.54) is 7.17 Å². The molecule has 8 heteroatoms. The first kappa shape index (κ1) is 21.1. The molecule has 0 aromatic heterocycles. The Morgan fingerprint density at radius 3 is 2.00 bits per heavy atom. The summed E-state index contributed by atoms with van der Waals surface area (Å²) in [7, 11) is 25.7. The molecule has 0 saturated heterocycles. The Hall–Kier alpha value is -2.19. The average Bonchev–Trinajstić information content (AvgIpc) is 2.61. The molecule has 0 atom stereocenters. The summed E-state index contributed by atoms with van der Waals surface area (Å²) >= 11 is 0. The molecule has 0 saturated carbocycles. The summed E-state index contributed by atoms with van der Waals surface area (Å²) in [6.07, 6.45) is 0. The van der Waals surface area contributed by atoms with Gasteiger partial charge in [-0.1, -0.05) is 11.0 Å². The molecule has 0 spiro atoms. The fourth-order valence-electron chi connectivity index (χ4n) is 3.92. The van der Waals surface area contributed by atoms with Gasteiger partial charge in [0.2, 0.25) is 0 Å². The molecule has 0 amide bonds. The minimum absolute atomic E-state index is 0.450. The lowest BCUT2D eigenvalue weighted by molar-refractivity contribution is 1.28. The number of benzene rings is 2. The largest absolute Gasteiger partial charge is 0.238 e. The van der Waals surface area contributed by atoms with Crippen molar-refractivity contribution in [2.45, 2.75) is 34.6 Å². The van der Waals surface area contributed by atoms with Crippen LogP contribution in [0.5, 0.6) is 0 Å². The first-order valence-corrected chi connectivity index (χ1v) is 8.54. The van der Waals surface area contributed by atoms with E-state index in [2.05, 4.69) is 10.9 Å². The third kappa shape index (κ3) is 3.17. The molecular formula is C19H15B6N2. The Kier molecular flexibility index (Phi) is 6.11. The van der Waals surface area contributed by atoms with Crippen LogP contribution in [0.4, 0.5) is 5.69 Å². The highest BCUT2D eigenvalue weighted by Crippen LogP contribution is 2.39. The van der Waals surface area contributed by atoms with E-state index in [4.69, 9.17) is 37.6 Å². The van der Waals surface area contributed by atoms with Crippen molar-refractivity contribution in [2.75, 3.05) is 0 Å². The second-order valence-corrected chi connectivity index (χ2v) is 6.76. The fourth-order valence-corrected chi connectivity index (χ4v) is 3.92. The Balaban J connectivity index is 3.12. The van der Waals surface area contributed by atoms with Gasteiger partial charge in [-0.3, -0.25) is 0 Å². The Bertz CT molecular complexity index is 988. The lowest BCUT2D eigenvalue weighted by Crippen LogP contribution is -2.54. The van der Waals surface area contributed by atoms with E-state index < -0.39 is 6.49 Å². The second-order valence-electron chi connectivity index (χ2n) is 6.76. The molecule has 27 heavy (non-hydrogen) atoms. The van der Waals surface area contributed by atoms with Crippen LogP contribution < -0.4 is 16.4 Å². The summed E-state index contributed by atoms with van der Waals surface area (Å²) in [5.41, 5.74) is 8.34. The van der Waals surface area contributed by atoms with Gasteiger partial charge in [0, 0.05) is 28.8 Å². The maximum Gasteiger partial charge on any atom is 0.194 e. The van der Waals surface area contributed by atoms with E-state index in [-0.39, 0.29) is 0 Å². The highest BCUT2D eigenvalue weighted by atomic mass is 14.7. The van der Waals surface area contributed by atoms with Crippen molar-refractivity contribution in [1.29, 1.82) is 5.26 Å². The van der Waals surface area contributed by atoms with E-state index in [1.807, 2.05) is 27.7 Å². The quantitative estimate of drug-likeness (QED) is 0.595. The van der Waals surface area contributed by atoms with Crippen LogP contribution in [0, 0.1) is 52.5 Å². The number of nitriles is 1. The maximum absolute atomic E-state index is 9.65. The van der Waals surface area contributed by atoms with E-state index >= 15 is 0 Å². The highest BCUT2D eigenvalue weighted by molar-refractivity contribution is 7.36. The highest BCUT2D eigenvalue weighted by Gasteiger charge is 2.24. The maximum atomic E-state index is 9.65. The van der Waals surface area contributed by atoms with Gasteiger partial charge in [-0.15, -0.1) is 10.9 Å². The van der Waals surface area contributed by atoms with Crippen molar-refractivity contribution in [3.05, 3.63) is 44.8 Å². The zero-order valence-corrected chi connectivity index (χ0v) is 16.4. The van der Waals surface area contributed by atoms with E-state index in [0.717, 1.165) is 33.4 Å². The van der Waals surface area contributed by atoms with Gasteiger partial charge in [0.1, 0.15) is 7.85 Å². The second kappa shape index (κ2) is 7.82. The van der Waals surface area contributed by atoms with Crippen molar-refractivity contribution >= 4 is 66.8 Å². The zero-order chi connectivity index (χ0) is 20.6. The fraction of sp³-hybridized carbons (Fsp3) is 0.263. The Labute approximate surface area is 168 Å². The Morgan fingerprint density at radius 1 is 0.963 bits per heavy atom. The molecule has 0 heterocycles. The lowest BCUT2D eigenvalue weighted by atomic mass is 9.14. The van der Waals surface area contributed by atoms with Crippen LogP contribution in [0.1, 0.15) is 33.4 Å². The van der Waals surface area contributed by atoms with Gasteiger partial charge < -0.3 is 0 Å². The van der Waals surface area contributed by atoms with Gasteiger partial charge in [-0.05, 0) is 68.0 Å². The molecule has 119 valence electrons. The van der Waals surface area contributed by atoms with Crippen molar-refractivity contribution in [2.24, 2.45) is 0 Å². The van der Waals surface area contributed by atoms with Crippen molar-refractivity contribution in [3.8, 4) is 17.2 Å². The lowest BCUT2D eigenvalue weighted by Gasteiger charge is -2.27. The molecule has 2 rings (SSSR count). The molecule has 0 aliphatic rings. The first-order valence-electron chi connectivity index (χ1n) is 8.54. The predicted octanol–water partition coefficient (Wildman–Crippen LogP) is 0.557. The van der Waals surface area contributed by atoms with Gasteiger partial charge in [-0.25, -0.2) is 4.85 Å². The van der Waals surface area contributed by atoms with E-state index in [0.29, 0.717) is 33.2 Å². The molecule has 0 aliphatic heterocycles. The van der Waals surface area contributed by atoms with Gasteiger partial charge in [0.15, 0.2) is 5.69 Å². The van der Waals surface area contributed by atoms with Crippen LogP contribution in [0.25, 0.3) is 16.0 Å². The van der Waals surface area contributed by atoms with Crippen molar-refractivity contribution in [3.63, 3.8) is 0 Å². The minimum Gasteiger partial charge on any atom is -0.238 e. The smallest absolute Gasteiger partial charge is 0.194 e. The standard InChI is InChI=1S/C19H15B6N2/c1-8-9(2)18(25(22)23)17(24-21)16(20)15(8)14-10(3)13(7-26)11(4)19(27-6)12(14)5/h1-5H3. The summed E-state index contributed by atoms with van der Waals surface area (Å²) in [6, 6.07) is 2.23. The molecule has 0 fully saturated rings. The van der Waals surface area contributed by atoms with Gasteiger partial charge in [0.05, 0.1) is 26.3 Å². The molecule has 0 bridgehead atoms. The normalized spacial score (nSPS) is 10.2. The number of nitrogens with zero attached hydrogens (tertiary/aromatic N) is 2. The average molecular weight is 336 g/mol. The topological polar surface area (TPSA) is 28.1 Å². The van der Waals surface area contributed by atoms with Gasteiger partial charge in [0.25, 0.3) is 0 Å². The van der Waals surface area contributed by atoms with E-state index in [9.17, 15) is 5.26 Å². The van der Waals surface area contributed by atoms with Crippen LogP contribution in [0.2, 0.25) is 0 Å². The summed E-state index contributed by atoms with van der Waals surface area (Å²) in [6.45, 7) is 16.3. The van der Waals surface area contributed by atoms with Gasteiger partial charge >= 0.3 is 0 Å². The summed E-state index contributed by atoms with van der Waals surface area (Å²) < 4.78 is 0. The molecule has 2 nitrogen and oxygen atoms in total. The molecule has 0 unspecified atom stereocenters. The van der Waals surface area contributed by atoms with E-state index in [1.54, 1.807) is 6.92 Å². The number of rotatable bonds is 3. The molecule has 0 N–H and O–H groups in total. The summed E-state index contributed by atoms with van der Waals surface area (Å²) in [5, 5.41) is 9.65. The monoisotopic (exact) mass is 337 g/mol. The van der Waals surface area contributed by atoms with Crippen LogP contribution in [0.15, 0.2) is 0 Å². The van der Waals surface area contributed by atoms with Crippen LogP contribution in [0.3, 0.4) is 0 Å². The van der Waals surface area contributed by atoms with Crippen molar-refractivity contribution in [1.82, 2.24) is 0 Å². The zero-order valence-electron chi connectivity index (χ0n) is 16.4. The van der Waals surface area contributed by atoms with Crippen LogP contribution in [-0.4, -0.2) is 44.7 Å². The number of hydrogen-bond acceptors (Lipinski definition) is 1. The molecule has 9 radical (unpaired) electrons. The number of hydrogen-bond donors (Lipinski definition) is 0. The molecule has 0 aliphatic carbocycles.